The molecule has 1 aromatic rings. The van der Waals surface area contributed by atoms with Crippen molar-refractivity contribution in [2.75, 3.05) is 13.2 Å². The fourth-order valence-electron chi connectivity index (χ4n) is 2.64. The molecule has 0 aromatic carbocycles. The van der Waals surface area contributed by atoms with Crippen LogP contribution in [-0.4, -0.2) is 35.1 Å². The predicted octanol–water partition coefficient (Wildman–Crippen LogP) is 1.90. The summed E-state index contributed by atoms with van der Waals surface area (Å²) in [5.41, 5.74) is 1.29. The molecule has 102 valence electrons. The number of ether oxygens (including phenoxy) is 1. The Morgan fingerprint density at radius 2 is 2.44 bits per heavy atom. The third-order valence-corrected chi connectivity index (χ3v) is 3.71. The second kappa shape index (κ2) is 6.90. The lowest BCUT2D eigenvalue weighted by Crippen LogP contribution is -2.39. The van der Waals surface area contributed by atoms with Crippen molar-refractivity contribution in [3.05, 3.63) is 18.0 Å². The summed E-state index contributed by atoms with van der Waals surface area (Å²) >= 11 is 0. The Morgan fingerprint density at radius 1 is 1.56 bits per heavy atom. The highest BCUT2D eigenvalue weighted by Gasteiger charge is 2.21. The van der Waals surface area contributed by atoms with Crippen LogP contribution in [0.1, 0.15) is 38.3 Å². The van der Waals surface area contributed by atoms with Gasteiger partial charge in [0.05, 0.1) is 6.10 Å². The van der Waals surface area contributed by atoms with E-state index in [2.05, 4.69) is 23.4 Å². The first-order valence-electron chi connectivity index (χ1n) is 7.11. The SMILES string of the molecule is CCCC1CC(NCCc2ccnn2C)CCO1. The topological polar surface area (TPSA) is 39.1 Å². The number of hydrogen-bond donors (Lipinski definition) is 1. The first-order chi connectivity index (χ1) is 8.79. The van der Waals surface area contributed by atoms with Crippen LogP contribution in [0.3, 0.4) is 0 Å². The highest BCUT2D eigenvalue weighted by Crippen LogP contribution is 2.17. The van der Waals surface area contributed by atoms with Gasteiger partial charge in [-0.2, -0.15) is 5.10 Å². The number of aryl methyl sites for hydroxylation is 1. The Morgan fingerprint density at radius 3 is 3.17 bits per heavy atom. The van der Waals surface area contributed by atoms with Crippen LogP contribution < -0.4 is 5.32 Å². The summed E-state index contributed by atoms with van der Waals surface area (Å²) in [4.78, 5) is 0. The molecule has 2 heterocycles. The van der Waals surface area contributed by atoms with E-state index < -0.39 is 0 Å². The highest BCUT2D eigenvalue weighted by atomic mass is 16.5. The molecule has 2 atom stereocenters. The number of rotatable bonds is 6. The van der Waals surface area contributed by atoms with Gasteiger partial charge < -0.3 is 10.1 Å². The Labute approximate surface area is 110 Å². The molecular formula is C14H25N3O. The zero-order chi connectivity index (χ0) is 12.8. The first kappa shape index (κ1) is 13.6. The van der Waals surface area contributed by atoms with Gasteiger partial charge in [0.2, 0.25) is 0 Å². The molecule has 4 nitrogen and oxygen atoms in total. The predicted molar refractivity (Wildman–Crippen MR) is 72.6 cm³/mol. The van der Waals surface area contributed by atoms with Crippen molar-refractivity contribution in [1.82, 2.24) is 15.1 Å². The van der Waals surface area contributed by atoms with Crippen molar-refractivity contribution in [1.29, 1.82) is 0 Å². The summed E-state index contributed by atoms with van der Waals surface area (Å²) in [6.45, 7) is 4.17. The second-order valence-corrected chi connectivity index (χ2v) is 5.15. The normalized spacial score (nSPS) is 24.3. The molecule has 0 radical (unpaired) electrons. The van der Waals surface area contributed by atoms with Crippen molar-refractivity contribution >= 4 is 0 Å². The van der Waals surface area contributed by atoms with Gasteiger partial charge in [0, 0.05) is 44.6 Å². The molecule has 1 aromatic heterocycles. The Bertz CT molecular complexity index is 349. The highest BCUT2D eigenvalue weighted by molar-refractivity contribution is 5.00. The van der Waals surface area contributed by atoms with Gasteiger partial charge in [-0.25, -0.2) is 0 Å². The van der Waals surface area contributed by atoms with Crippen LogP contribution in [0.2, 0.25) is 0 Å². The fourth-order valence-corrected chi connectivity index (χ4v) is 2.64. The summed E-state index contributed by atoms with van der Waals surface area (Å²) < 4.78 is 7.72. The Kier molecular flexibility index (Phi) is 5.20. The van der Waals surface area contributed by atoms with Crippen LogP contribution in [0.5, 0.6) is 0 Å². The average Bonchev–Trinajstić information content (AvgIpc) is 2.76. The molecule has 18 heavy (non-hydrogen) atoms. The molecule has 1 N–H and O–H groups in total. The third-order valence-electron chi connectivity index (χ3n) is 3.71. The fraction of sp³-hybridized carbons (Fsp3) is 0.786. The van der Waals surface area contributed by atoms with Crippen LogP contribution in [0, 0.1) is 0 Å². The van der Waals surface area contributed by atoms with Crippen molar-refractivity contribution < 1.29 is 4.74 Å². The van der Waals surface area contributed by atoms with Crippen molar-refractivity contribution in [2.24, 2.45) is 7.05 Å². The summed E-state index contributed by atoms with van der Waals surface area (Å²) in [6.07, 6.45) is 8.10. The molecule has 1 fully saturated rings. The quantitative estimate of drug-likeness (QED) is 0.839. The largest absolute Gasteiger partial charge is 0.378 e. The van der Waals surface area contributed by atoms with Gasteiger partial charge in [-0.05, 0) is 25.3 Å². The minimum Gasteiger partial charge on any atom is -0.378 e. The van der Waals surface area contributed by atoms with Gasteiger partial charge in [-0.3, -0.25) is 4.68 Å². The van der Waals surface area contributed by atoms with E-state index >= 15 is 0 Å². The maximum atomic E-state index is 5.77. The Balaban J connectivity index is 1.68. The lowest BCUT2D eigenvalue weighted by atomic mass is 10.00. The van der Waals surface area contributed by atoms with E-state index in [-0.39, 0.29) is 0 Å². The van der Waals surface area contributed by atoms with E-state index in [1.807, 2.05) is 17.9 Å². The van der Waals surface area contributed by atoms with Crippen molar-refractivity contribution in [2.45, 2.75) is 51.2 Å². The van der Waals surface area contributed by atoms with E-state index in [0.29, 0.717) is 12.1 Å². The molecule has 1 aliphatic rings. The molecule has 2 unspecified atom stereocenters. The lowest BCUT2D eigenvalue weighted by molar-refractivity contribution is -0.00301. The van der Waals surface area contributed by atoms with Gasteiger partial charge in [0.1, 0.15) is 0 Å². The molecular weight excluding hydrogens is 226 g/mol. The van der Waals surface area contributed by atoms with E-state index in [1.165, 1.54) is 25.0 Å². The van der Waals surface area contributed by atoms with Crippen LogP contribution in [0.15, 0.2) is 12.3 Å². The zero-order valence-electron chi connectivity index (χ0n) is 11.6. The Hall–Kier alpha value is -0.870. The molecule has 0 aliphatic carbocycles. The number of nitrogens with zero attached hydrogens (tertiary/aromatic N) is 2. The zero-order valence-corrected chi connectivity index (χ0v) is 11.6. The molecule has 0 saturated carbocycles. The smallest absolute Gasteiger partial charge is 0.0589 e. The standard InChI is InChI=1S/C14H25N3O/c1-3-4-14-11-12(7-10-18-14)15-8-5-13-6-9-16-17(13)2/h6,9,12,14-15H,3-5,7-8,10-11H2,1-2H3. The number of nitrogens with one attached hydrogen (secondary N) is 1. The summed E-state index contributed by atoms with van der Waals surface area (Å²) in [5, 5.41) is 7.84. The molecule has 4 heteroatoms. The van der Waals surface area contributed by atoms with E-state index in [4.69, 9.17) is 4.74 Å². The lowest BCUT2D eigenvalue weighted by Gasteiger charge is -2.30. The monoisotopic (exact) mass is 251 g/mol. The second-order valence-electron chi connectivity index (χ2n) is 5.15. The van der Waals surface area contributed by atoms with Gasteiger partial charge in [0.15, 0.2) is 0 Å². The van der Waals surface area contributed by atoms with Crippen LogP contribution in [0.25, 0.3) is 0 Å². The maximum absolute atomic E-state index is 5.77. The molecule has 0 spiro atoms. The van der Waals surface area contributed by atoms with E-state index in [1.54, 1.807) is 0 Å². The van der Waals surface area contributed by atoms with E-state index in [9.17, 15) is 0 Å². The van der Waals surface area contributed by atoms with Gasteiger partial charge >= 0.3 is 0 Å². The third kappa shape index (κ3) is 3.82. The van der Waals surface area contributed by atoms with Crippen LogP contribution in [-0.2, 0) is 18.2 Å². The molecule has 0 bridgehead atoms. The number of aromatic nitrogens is 2. The maximum Gasteiger partial charge on any atom is 0.0589 e. The summed E-state index contributed by atoms with van der Waals surface area (Å²) in [5.74, 6) is 0. The molecule has 1 aliphatic heterocycles. The minimum atomic E-state index is 0.470. The molecule has 2 rings (SSSR count). The van der Waals surface area contributed by atoms with Gasteiger partial charge in [-0.15, -0.1) is 0 Å². The summed E-state index contributed by atoms with van der Waals surface area (Å²) in [6, 6.07) is 2.72. The first-order valence-corrected chi connectivity index (χ1v) is 7.11. The van der Waals surface area contributed by atoms with Crippen LogP contribution in [0.4, 0.5) is 0 Å². The molecule has 0 amide bonds. The van der Waals surface area contributed by atoms with E-state index in [0.717, 1.165) is 26.0 Å². The van der Waals surface area contributed by atoms with Crippen molar-refractivity contribution in [3.8, 4) is 0 Å². The van der Waals surface area contributed by atoms with Crippen molar-refractivity contribution in [3.63, 3.8) is 0 Å². The number of hydrogen-bond acceptors (Lipinski definition) is 3. The minimum absolute atomic E-state index is 0.470. The summed E-state index contributed by atoms with van der Waals surface area (Å²) in [7, 11) is 2.00. The molecule has 1 saturated heterocycles. The van der Waals surface area contributed by atoms with Gasteiger partial charge in [-0.1, -0.05) is 13.3 Å². The van der Waals surface area contributed by atoms with Gasteiger partial charge in [0.25, 0.3) is 0 Å². The van der Waals surface area contributed by atoms with Crippen LogP contribution >= 0.6 is 0 Å². The average molecular weight is 251 g/mol.